The van der Waals surface area contributed by atoms with Crippen LogP contribution in [0.25, 0.3) is 0 Å². The fourth-order valence-electron chi connectivity index (χ4n) is 1.85. The van der Waals surface area contributed by atoms with Crippen molar-refractivity contribution in [3.63, 3.8) is 0 Å². The lowest BCUT2D eigenvalue weighted by Gasteiger charge is -2.17. The van der Waals surface area contributed by atoms with Crippen molar-refractivity contribution in [2.75, 3.05) is 31.2 Å². The van der Waals surface area contributed by atoms with Gasteiger partial charge in [0.1, 0.15) is 11.7 Å². The maximum Gasteiger partial charge on any atom is 0.266 e. The van der Waals surface area contributed by atoms with E-state index in [1.54, 1.807) is 0 Å². The molecule has 0 aromatic carbocycles. The number of ether oxygens (including phenoxy) is 1. The Hall–Kier alpha value is -1.43. The van der Waals surface area contributed by atoms with Crippen molar-refractivity contribution < 1.29 is 14.1 Å². The second-order valence-electron chi connectivity index (χ2n) is 3.95. The maximum absolute atomic E-state index is 11.7. The van der Waals surface area contributed by atoms with Gasteiger partial charge in [-0.25, -0.2) is 0 Å². The Labute approximate surface area is 99.9 Å². The van der Waals surface area contributed by atoms with Crippen molar-refractivity contribution in [3.05, 3.63) is 5.89 Å². The minimum absolute atomic E-state index is 0.117. The topological polar surface area (TPSA) is 68.5 Å². The fourth-order valence-corrected chi connectivity index (χ4v) is 1.85. The molecule has 0 saturated carbocycles. The standard InChI is InChI=1S/C11H17N3O3/c1-3-14(4-2)11-12-10(17-13-11)8-7-16-6-5-9(8)15/h8H,3-7H2,1-2H3. The van der Waals surface area contributed by atoms with Gasteiger partial charge in [0.2, 0.25) is 5.89 Å². The van der Waals surface area contributed by atoms with Crippen LogP contribution in [-0.2, 0) is 9.53 Å². The van der Waals surface area contributed by atoms with Crippen LogP contribution in [0.4, 0.5) is 5.95 Å². The average Bonchev–Trinajstić information content (AvgIpc) is 2.81. The molecule has 0 N–H and O–H groups in total. The Kier molecular flexibility index (Phi) is 3.73. The fraction of sp³-hybridized carbons (Fsp3) is 0.727. The minimum Gasteiger partial charge on any atom is -0.380 e. The van der Waals surface area contributed by atoms with Gasteiger partial charge in [-0.2, -0.15) is 4.98 Å². The highest BCUT2D eigenvalue weighted by atomic mass is 16.5. The molecule has 0 bridgehead atoms. The third kappa shape index (κ3) is 2.46. The van der Waals surface area contributed by atoms with Crippen LogP contribution in [0.3, 0.4) is 0 Å². The van der Waals surface area contributed by atoms with E-state index in [1.807, 2.05) is 18.7 Å². The van der Waals surface area contributed by atoms with Gasteiger partial charge < -0.3 is 14.2 Å². The molecule has 0 radical (unpaired) electrons. The van der Waals surface area contributed by atoms with Crippen LogP contribution in [0, 0.1) is 0 Å². The van der Waals surface area contributed by atoms with Gasteiger partial charge in [0.25, 0.3) is 5.95 Å². The largest absolute Gasteiger partial charge is 0.380 e. The van der Waals surface area contributed by atoms with E-state index >= 15 is 0 Å². The van der Waals surface area contributed by atoms with Crippen LogP contribution in [0.1, 0.15) is 32.1 Å². The van der Waals surface area contributed by atoms with Crippen molar-refractivity contribution in [1.82, 2.24) is 10.1 Å². The molecule has 1 unspecified atom stereocenters. The number of anilines is 1. The lowest BCUT2D eigenvalue weighted by molar-refractivity contribution is -0.127. The van der Waals surface area contributed by atoms with E-state index in [4.69, 9.17) is 9.26 Å². The molecule has 0 aliphatic carbocycles. The van der Waals surface area contributed by atoms with Crippen LogP contribution < -0.4 is 4.90 Å². The molecule has 0 spiro atoms. The first-order valence-electron chi connectivity index (χ1n) is 5.95. The molecule has 0 amide bonds. The number of hydrogen-bond acceptors (Lipinski definition) is 6. The molecule has 1 aliphatic rings. The normalized spacial score (nSPS) is 20.6. The van der Waals surface area contributed by atoms with Crippen LogP contribution in [0.15, 0.2) is 4.52 Å². The van der Waals surface area contributed by atoms with Gasteiger partial charge in [0.05, 0.1) is 13.2 Å². The zero-order chi connectivity index (χ0) is 12.3. The molecule has 17 heavy (non-hydrogen) atoms. The summed E-state index contributed by atoms with van der Waals surface area (Å²) in [6, 6.07) is 0. The van der Waals surface area contributed by atoms with Crippen molar-refractivity contribution in [3.8, 4) is 0 Å². The summed E-state index contributed by atoms with van der Waals surface area (Å²) in [5, 5.41) is 3.90. The first kappa shape index (κ1) is 12.0. The van der Waals surface area contributed by atoms with Gasteiger partial charge in [-0.15, -0.1) is 0 Å². The number of nitrogens with zero attached hydrogens (tertiary/aromatic N) is 3. The van der Waals surface area contributed by atoms with Gasteiger partial charge in [-0.05, 0) is 19.0 Å². The molecule has 1 aliphatic heterocycles. The molecule has 94 valence electrons. The van der Waals surface area contributed by atoms with Crippen molar-refractivity contribution >= 4 is 11.7 Å². The minimum atomic E-state index is -0.388. The van der Waals surface area contributed by atoms with E-state index in [0.717, 1.165) is 13.1 Å². The summed E-state index contributed by atoms with van der Waals surface area (Å²) in [5.41, 5.74) is 0. The maximum atomic E-state index is 11.7. The van der Waals surface area contributed by atoms with Crippen molar-refractivity contribution in [1.29, 1.82) is 0 Å². The number of ketones is 1. The first-order valence-corrected chi connectivity index (χ1v) is 5.95. The number of rotatable bonds is 4. The molecule has 6 nitrogen and oxygen atoms in total. The third-order valence-electron chi connectivity index (χ3n) is 2.94. The summed E-state index contributed by atoms with van der Waals surface area (Å²) < 4.78 is 10.4. The predicted molar refractivity (Wildman–Crippen MR) is 61.0 cm³/mol. The van der Waals surface area contributed by atoms with Gasteiger partial charge in [0.15, 0.2) is 0 Å². The molecule has 1 aromatic rings. The second-order valence-corrected chi connectivity index (χ2v) is 3.95. The third-order valence-corrected chi connectivity index (χ3v) is 2.94. The van der Waals surface area contributed by atoms with E-state index in [0.29, 0.717) is 31.5 Å². The molecular weight excluding hydrogens is 222 g/mol. The summed E-state index contributed by atoms with van der Waals surface area (Å²) in [6.45, 7) is 6.50. The Morgan fingerprint density at radius 2 is 2.18 bits per heavy atom. The lowest BCUT2D eigenvalue weighted by Crippen LogP contribution is -2.26. The Morgan fingerprint density at radius 1 is 1.41 bits per heavy atom. The van der Waals surface area contributed by atoms with E-state index in [2.05, 4.69) is 10.1 Å². The van der Waals surface area contributed by atoms with Gasteiger partial charge >= 0.3 is 0 Å². The van der Waals surface area contributed by atoms with Crippen LogP contribution in [0.2, 0.25) is 0 Å². The summed E-state index contributed by atoms with van der Waals surface area (Å²) in [5.74, 6) is 0.645. The van der Waals surface area contributed by atoms with Crippen LogP contribution in [0.5, 0.6) is 0 Å². The van der Waals surface area contributed by atoms with E-state index in [1.165, 1.54) is 0 Å². The molecule has 2 heterocycles. The summed E-state index contributed by atoms with van der Waals surface area (Å²) >= 11 is 0. The lowest BCUT2D eigenvalue weighted by atomic mass is 10.0. The molecule has 2 rings (SSSR count). The number of Topliss-reactive ketones (excluding diaryl/α,β-unsaturated/α-hetero) is 1. The first-order chi connectivity index (χ1) is 8.26. The Balaban J connectivity index is 2.14. The Morgan fingerprint density at radius 3 is 2.82 bits per heavy atom. The highest BCUT2D eigenvalue weighted by molar-refractivity contribution is 5.85. The molecule has 6 heteroatoms. The van der Waals surface area contributed by atoms with Gasteiger partial charge in [0, 0.05) is 19.5 Å². The van der Waals surface area contributed by atoms with Gasteiger partial charge in [-0.3, -0.25) is 4.79 Å². The van der Waals surface area contributed by atoms with E-state index < -0.39 is 0 Å². The number of carbonyl (C=O) groups excluding carboxylic acids is 1. The van der Waals surface area contributed by atoms with Crippen LogP contribution in [-0.4, -0.2) is 42.2 Å². The summed E-state index contributed by atoms with van der Waals surface area (Å²) in [4.78, 5) is 17.9. The average molecular weight is 239 g/mol. The van der Waals surface area contributed by atoms with E-state index in [9.17, 15) is 4.79 Å². The predicted octanol–water partition coefficient (Wildman–Crippen LogP) is 0.989. The number of hydrogen-bond donors (Lipinski definition) is 0. The van der Waals surface area contributed by atoms with Gasteiger partial charge in [-0.1, -0.05) is 0 Å². The highest BCUT2D eigenvalue weighted by Crippen LogP contribution is 2.22. The second kappa shape index (κ2) is 5.27. The Bertz CT molecular complexity index is 387. The quantitative estimate of drug-likeness (QED) is 0.780. The zero-order valence-electron chi connectivity index (χ0n) is 10.2. The smallest absolute Gasteiger partial charge is 0.266 e. The molecule has 1 aromatic heterocycles. The zero-order valence-corrected chi connectivity index (χ0v) is 10.2. The molecular formula is C11H17N3O3. The molecule has 1 fully saturated rings. The van der Waals surface area contributed by atoms with Crippen molar-refractivity contribution in [2.24, 2.45) is 0 Å². The summed E-state index contributed by atoms with van der Waals surface area (Å²) in [6.07, 6.45) is 0.424. The van der Waals surface area contributed by atoms with E-state index in [-0.39, 0.29) is 11.7 Å². The number of aromatic nitrogens is 2. The van der Waals surface area contributed by atoms with Crippen LogP contribution >= 0.6 is 0 Å². The SMILES string of the molecule is CCN(CC)c1noc(C2COCCC2=O)n1. The number of carbonyl (C=O) groups is 1. The van der Waals surface area contributed by atoms with Crippen molar-refractivity contribution in [2.45, 2.75) is 26.2 Å². The highest BCUT2D eigenvalue weighted by Gasteiger charge is 2.30. The molecule has 1 saturated heterocycles. The monoisotopic (exact) mass is 239 g/mol. The summed E-state index contributed by atoms with van der Waals surface area (Å²) in [7, 11) is 0. The molecule has 1 atom stereocenters.